The molecule has 0 amide bonds. The molecule has 5 nitrogen and oxygen atoms in total. The minimum absolute atomic E-state index is 0.147. The van der Waals surface area contributed by atoms with Crippen LogP contribution in [-0.2, 0) is 0 Å². The van der Waals surface area contributed by atoms with Crippen molar-refractivity contribution in [2.75, 3.05) is 24.5 Å². The molecule has 2 saturated carbocycles. The standard InChI is InChI=1S/C17H26N4O/c22-16-4-2-1-3-15(16)18-9-12-10-21(11-12)17-8-7-14(19-20-17)13-5-6-13/h7-8,12-13,15-16,18,22H,1-6,9-11H2. The van der Waals surface area contributed by atoms with Gasteiger partial charge in [0.1, 0.15) is 0 Å². The van der Waals surface area contributed by atoms with Crippen LogP contribution < -0.4 is 10.2 Å². The van der Waals surface area contributed by atoms with Crippen LogP contribution in [0.3, 0.4) is 0 Å². The maximum absolute atomic E-state index is 9.99. The summed E-state index contributed by atoms with van der Waals surface area (Å²) in [6.07, 6.45) is 6.89. The molecule has 1 aliphatic heterocycles. The van der Waals surface area contributed by atoms with Crippen molar-refractivity contribution >= 4 is 5.82 Å². The molecule has 0 bridgehead atoms. The summed E-state index contributed by atoms with van der Waals surface area (Å²) >= 11 is 0. The second kappa shape index (κ2) is 6.13. The van der Waals surface area contributed by atoms with Crippen molar-refractivity contribution in [3.63, 3.8) is 0 Å². The Morgan fingerprint density at radius 1 is 1.09 bits per heavy atom. The maximum atomic E-state index is 9.99. The number of aliphatic hydroxyl groups excluding tert-OH is 1. The van der Waals surface area contributed by atoms with Crippen LogP contribution in [0.1, 0.15) is 50.1 Å². The van der Waals surface area contributed by atoms with Gasteiger partial charge in [0.25, 0.3) is 0 Å². The van der Waals surface area contributed by atoms with E-state index < -0.39 is 0 Å². The van der Waals surface area contributed by atoms with Gasteiger partial charge in [-0.25, -0.2) is 0 Å². The Morgan fingerprint density at radius 3 is 2.59 bits per heavy atom. The molecule has 2 aliphatic carbocycles. The first-order chi connectivity index (χ1) is 10.8. The molecule has 2 atom stereocenters. The van der Waals surface area contributed by atoms with Crippen molar-refractivity contribution in [1.82, 2.24) is 15.5 Å². The van der Waals surface area contributed by atoms with Gasteiger partial charge in [0.05, 0.1) is 11.8 Å². The highest BCUT2D eigenvalue weighted by Crippen LogP contribution is 2.38. The van der Waals surface area contributed by atoms with Crippen LogP contribution in [0.5, 0.6) is 0 Å². The molecule has 2 unspecified atom stereocenters. The molecule has 1 aromatic heterocycles. The fourth-order valence-corrected chi connectivity index (χ4v) is 3.65. The number of hydrogen-bond acceptors (Lipinski definition) is 5. The minimum Gasteiger partial charge on any atom is -0.392 e. The molecule has 1 saturated heterocycles. The number of nitrogens with one attached hydrogen (secondary N) is 1. The van der Waals surface area contributed by atoms with Gasteiger partial charge in [-0.2, -0.15) is 5.10 Å². The van der Waals surface area contributed by atoms with Crippen molar-refractivity contribution < 1.29 is 5.11 Å². The van der Waals surface area contributed by atoms with E-state index in [4.69, 9.17) is 0 Å². The zero-order valence-corrected chi connectivity index (χ0v) is 13.1. The van der Waals surface area contributed by atoms with Crippen LogP contribution in [0, 0.1) is 5.92 Å². The lowest BCUT2D eigenvalue weighted by molar-refractivity contribution is 0.0879. The van der Waals surface area contributed by atoms with E-state index in [9.17, 15) is 5.11 Å². The fraction of sp³-hybridized carbons (Fsp3) is 0.765. The smallest absolute Gasteiger partial charge is 0.151 e. The molecule has 22 heavy (non-hydrogen) atoms. The molecule has 2 heterocycles. The molecule has 120 valence electrons. The highest BCUT2D eigenvalue weighted by molar-refractivity contribution is 5.41. The monoisotopic (exact) mass is 302 g/mol. The molecule has 0 radical (unpaired) electrons. The van der Waals surface area contributed by atoms with Crippen LogP contribution in [-0.4, -0.2) is 47.1 Å². The maximum Gasteiger partial charge on any atom is 0.151 e. The summed E-state index contributed by atoms with van der Waals surface area (Å²) in [6.45, 7) is 3.10. The Hall–Kier alpha value is -1.20. The van der Waals surface area contributed by atoms with Gasteiger partial charge >= 0.3 is 0 Å². The number of aliphatic hydroxyl groups is 1. The molecule has 4 rings (SSSR count). The Balaban J connectivity index is 1.22. The number of nitrogens with zero attached hydrogens (tertiary/aromatic N) is 3. The molecule has 2 N–H and O–H groups in total. The highest BCUT2D eigenvalue weighted by Gasteiger charge is 2.31. The predicted octanol–water partition coefficient (Wildman–Crippen LogP) is 1.68. The van der Waals surface area contributed by atoms with Gasteiger partial charge in [-0.15, -0.1) is 5.10 Å². The van der Waals surface area contributed by atoms with Crippen LogP contribution in [0.4, 0.5) is 5.82 Å². The Labute approximate surface area is 132 Å². The molecule has 0 spiro atoms. The third-order valence-corrected chi connectivity index (χ3v) is 5.35. The van der Waals surface area contributed by atoms with E-state index in [1.54, 1.807) is 0 Å². The van der Waals surface area contributed by atoms with Gasteiger partial charge in [-0.05, 0) is 37.8 Å². The molecular formula is C17H26N4O. The molecule has 1 aromatic rings. The summed E-state index contributed by atoms with van der Waals surface area (Å²) < 4.78 is 0. The van der Waals surface area contributed by atoms with Crippen LogP contribution in [0.2, 0.25) is 0 Å². The zero-order valence-electron chi connectivity index (χ0n) is 13.1. The lowest BCUT2D eigenvalue weighted by Gasteiger charge is -2.41. The Morgan fingerprint density at radius 2 is 1.91 bits per heavy atom. The number of anilines is 1. The molecular weight excluding hydrogens is 276 g/mol. The van der Waals surface area contributed by atoms with Crippen molar-refractivity contribution in [3.8, 4) is 0 Å². The quantitative estimate of drug-likeness (QED) is 0.866. The van der Waals surface area contributed by atoms with E-state index in [0.717, 1.165) is 44.0 Å². The lowest BCUT2D eigenvalue weighted by atomic mass is 9.91. The van der Waals surface area contributed by atoms with Gasteiger partial charge in [0.2, 0.25) is 0 Å². The summed E-state index contributed by atoms with van der Waals surface area (Å²) in [4.78, 5) is 2.30. The third-order valence-electron chi connectivity index (χ3n) is 5.35. The Kier molecular flexibility index (Phi) is 4.01. The summed E-state index contributed by atoms with van der Waals surface area (Å²) in [5, 5.41) is 22.3. The van der Waals surface area contributed by atoms with Crippen molar-refractivity contribution in [2.24, 2.45) is 5.92 Å². The highest BCUT2D eigenvalue weighted by atomic mass is 16.3. The first kappa shape index (κ1) is 14.4. The SMILES string of the molecule is OC1CCCCC1NCC1CN(c2ccc(C3CC3)nn2)C1. The number of hydrogen-bond donors (Lipinski definition) is 2. The summed E-state index contributed by atoms with van der Waals surface area (Å²) in [6, 6.07) is 4.57. The molecule has 0 aromatic carbocycles. The summed E-state index contributed by atoms with van der Waals surface area (Å²) in [5.74, 6) is 2.36. The van der Waals surface area contributed by atoms with Crippen LogP contribution in [0.15, 0.2) is 12.1 Å². The van der Waals surface area contributed by atoms with E-state index in [1.807, 2.05) is 0 Å². The largest absolute Gasteiger partial charge is 0.392 e. The van der Waals surface area contributed by atoms with Gasteiger partial charge in [0, 0.05) is 37.5 Å². The van der Waals surface area contributed by atoms with Crippen LogP contribution in [0.25, 0.3) is 0 Å². The van der Waals surface area contributed by atoms with Gasteiger partial charge in [-0.3, -0.25) is 0 Å². The van der Waals surface area contributed by atoms with E-state index in [1.165, 1.54) is 25.7 Å². The number of aromatic nitrogens is 2. The van der Waals surface area contributed by atoms with Crippen molar-refractivity contribution in [2.45, 2.75) is 56.6 Å². The minimum atomic E-state index is -0.147. The molecule has 3 aliphatic rings. The summed E-state index contributed by atoms with van der Waals surface area (Å²) in [5.41, 5.74) is 1.16. The lowest BCUT2D eigenvalue weighted by Crippen LogP contribution is -2.54. The van der Waals surface area contributed by atoms with Gasteiger partial charge in [0.15, 0.2) is 5.82 Å². The average molecular weight is 302 g/mol. The second-order valence-electron chi connectivity index (χ2n) is 7.23. The van der Waals surface area contributed by atoms with Crippen molar-refractivity contribution in [3.05, 3.63) is 17.8 Å². The zero-order chi connectivity index (χ0) is 14.9. The first-order valence-electron chi connectivity index (χ1n) is 8.79. The first-order valence-corrected chi connectivity index (χ1v) is 8.79. The topological polar surface area (TPSA) is 61.3 Å². The molecule has 5 heteroatoms. The van der Waals surface area contributed by atoms with Crippen LogP contribution >= 0.6 is 0 Å². The third kappa shape index (κ3) is 3.10. The van der Waals surface area contributed by atoms with E-state index in [-0.39, 0.29) is 6.10 Å². The fourth-order valence-electron chi connectivity index (χ4n) is 3.65. The van der Waals surface area contributed by atoms with Gasteiger partial charge in [-0.1, -0.05) is 12.8 Å². The van der Waals surface area contributed by atoms with E-state index in [2.05, 4.69) is 32.5 Å². The van der Waals surface area contributed by atoms with E-state index >= 15 is 0 Å². The van der Waals surface area contributed by atoms with Crippen molar-refractivity contribution in [1.29, 1.82) is 0 Å². The number of rotatable bonds is 5. The normalized spacial score (nSPS) is 29.4. The predicted molar refractivity (Wildman–Crippen MR) is 86.0 cm³/mol. The Bertz CT molecular complexity index is 496. The van der Waals surface area contributed by atoms with E-state index in [0.29, 0.717) is 17.9 Å². The average Bonchev–Trinajstić information content (AvgIpc) is 3.33. The summed E-state index contributed by atoms with van der Waals surface area (Å²) in [7, 11) is 0. The van der Waals surface area contributed by atoms with Gasteiger partial charge < -0.3 is 15.3 Å². The molecule has 3 fully saturated rings. The second-order valence-corrected chi connectivity index (χ2v) is 7.23.